The smallest absolute Gasteiger partial charge is 0.186 e. The first-order valence-corrected chi connectivity index (χ1v) is 17.1. The summed E-state index contributed by atoms with van der Waals surface area (Å²) < 4.78 is 11.9. The summed E-state index contributed by atoms with van der Waals surface area (Å²) in [5, 5.41) is 40.4. The molecule has 1 heterocycles. The quantitative estimate of drug-likeness (QED) is 0.218. The third-order valence-electron chi connectivity index (χ3n) is 13.5. The summed E-state index contributed by atoms with van der Waals surface area (Å²) in [5.41, 5.74) is 0.784. The van der Waals surface area contributed by atoms with Gasteiger partial charge in [-0.05, 0) is 122 Å². The average molecular weight is 577 g/mol. The lowest BCUT2D eigenvalue weighted by atomic mass is 9.44. The molecular weight excluding hydrogens is 516 g/mol. The SMILES string of the molecule is CCC(C=CC(C)C1CCC2C3CCC4CC(OC5OC(CO)C(O)C(O)C5O)CCC4(C)C3CCC12C)C(C)C. The minimum absolute atomic E-state index is 0.0406. The summed E-state index contributed by atoms with van der Waals surface area (Å²) in [6.45, 7) is 14.3. The molecule has 1 aliphatic heterocycles. The molecule has 0 bridgehead atoms. The van der Waals surface area contributed by atoms with Crippen LogP contribution in [-0.2, 0) is 9.47 Å². The largest absolute Gasteiger partial charge is 0.394 e. The summed E-state index contributed by atoms with van der Waals surface area (Å²) in [7, 11) is 0. The van der Waals surface area contributed by atoms with Gasteiger partial charge < -0.3 is 29.9 Å². The monoisotopic (exact) mass is 576 g/mol. The summed E-state index contributed by atoms with van der Waals surface area (Å²) in [6, 6.07) is 0. The Kier molecular flexibility index (Phi) is 9.71. The van der Waals surface area contributed by atoms with Crippen LogP contribution in [0.25, 0.3) is 0 Å². The predicted octanol–water partition coefficient (Wildman–Crippen LogP) is 5.70. The van der Waals surface area contributed by atoms with E-state index < -0.39 is 37.3 Å². The zero-order chi connectivity index (χ0) is 29.7. The van der Waals surface area contributed by atoms with Crippen LogP contribution in [0.3, 0.4) is 0 Å². The molecule has 1 saturated heterocycles. The van der Waals surface area contributed by atoms with Gasteiger partial charge >= 0.3 is 0 Å². The van der Waals surface area contributed by atoms with E-state index in [1.807, 2.05) is 0 Å². The lowest BCUT2D eigenvalue weighted by molar-refractivity contribution is -0.316. The van der Waals surface area contributed by atoms with Crippen molar-refractivity contribution in [2.45, 2.75) is 143 Å². The van der Waals surface area contributed by atoms with Crippen LogP contribution in [-0.4, -0.2) is 63.8 Å². The Morgan fingerprint density at radius 2 is 1.56 bits per heavy atom. The van der Waals surface area contributed by atoms with Crippen molar-refractivity contribution in [1.29, 1.82) is 0 Å². The highest BCUT2D eigenvalue weighted by Crippen LogP contribution is 2.68. The molecule has 15 atom stereocenters. The fraction of sp³-hybridized carbons (Fsp3) is 0.943. The molecule has 41 heavy (non-hydrogen) atoms. The van der Waals surface area contributed by atoms with Gasteiger partial charge in [0, 0.05) is 0 Å². The highest BCUT2D eigenvalue weighted by Gasteiger charge is 2.60. The Morgan fingerprint density at radius 3 is 2.24 bits per heavy atom. The third-order valence-corrected chi connectivity index (χ3v) is 13.5. The maximum Gasteiger partial charge on any atom is 0.186 e. The van der Waals surface area contributed by atoms with Gasteiger partial charge in [-0.15, -0.1) is 0 Å². The molecule has 0 radical (unpaired) electrons. The third kappa shape index (κ3) is 5.73. The minimum Gasteiger partial charge on any atom is -0.394 e. The molecule has 4 N–H and O–H groups in total. The van der Waals surface area contributed by atoms with E-state index in [1.54, 1.807) is 0 Å². The Bertz CT molecular complexity index is 905. The number of hydrogen-bond donors (Lipinski definition) is 4. The van der Waals surface area contributed by atoms with Gasteiger partial charge in [-0.2, -0.15) is 0 Å². The second kappa shape index (κ2) is 12.5. The van der Waals surface area contributed by atoms with E-state index in [0.29, 0.717) is 34.5 Å². The summed E-state index contributed by atoms with van der Waals surface area (Å²) >= 11 is 0. The van der Waals surface area contributed by atoms with Crippen molar-refractivity contribution >= 4 is 0 Å². The van der Waals surface area contributed by atoms with Crippen LogP contribution < -0.4 is 0 Å². The summed E-state index contributed by atoms with van der Waals surface area (Å²) in [6.07, 6.45) is 11.3. The molecule has 0 aromatic carbocycles. The van der Waals surface area contributed by atoms with Crippen LogP contribution in [0.15, 0.2) is 12.2 Å². The number of fused-ring (bicyclic) bond motifs is 5. The van der Waals surface area contributed by atoms with Crippen LogP contribution in [0.2, 0.25) is 0 Å². The first-order valence-electron chi connectivity index (χ1n) is 17.1. The molecule has 6 heteroatoms. The van der Waals surface area contributed by atoms with Crippen molar-refractivity contribution in [3.63, 3.8) is 0 Å². The molecule has 5 rings (SSSR count). The first kappa shape index (κ1) is 31.9. The van der Waals surface area contributed by atoms with Crippen molar-refractivity contribution in [2.75, 3.05) is 6.61 Å². The van der Waals surface area contributed by atoms with E-state index in [2.05, 4.69) is 53.7 Å². The molecule has 15 unspecified atom stereocenters. The average Bonchev–Trinajstić information content (AvgIpc) is 3.30. The number of aliphatic hydroxyl groups is 4. The minimum atomic E-state index is -1.39. The number of hydrogen-bond acceptors (Lipinski definition) is 6. The number of allylic oxidation sites excluding steroid dienone is 2. The van der Waals surface area contributed by atoms with Gasteiger partial charge in [-0.25, -0.2) is 0 Å². The van der Waals surface area contributed by atoms with Crippen LogP contribution >= 0.6 is 0 Å². The summed E-state index contributed by atoms with van der Waals surface area (Å²) in [5.74, 6) is 5.89. The van der Waals surface area contributed by atoms with E-state index in [0.717, 1.165) is 42.9 Å². The van der Waals surface area contributed by atoms with Gasteiger partial charge in [0.15, 0.2) is 6.29 Å². The number of ether oxygens (including phenoxy) is 2. The van der Waals surface area contributed by atoms with E-state index in [-0.39, 0.29) is 6.10 Å². The molecule has 4 saturated carbocycles. The second-order valence-corrected chi connectivity index (χ2v) is 15.7. The summed E-state index contributed by atoms with van der Waals surface area (Å²) in [4.78, 5) is 0. The standard InChI is InChI=1S/C35H60O6/c1-7-22(20(2)3)9-8-21(4)26-12-13-27-25-11-10-23-18-24(14-16-34(23,5)28(25)15-17-35(26,27)6)40-33-32(39)31(38)30(37)29(19-36)41-33/h8-9,20-33,36-39H,7,10-19H2,1-6H3. The fourth-order valence-corrected chi connectivity index (χ4v) is 10.9. The Labute approximate surface area is 249 Å². The van der Waals surface area contributed by atoms with E-state index in [9.17, 15) is 20.4 Å². The van der Waals surface area contributed by atoms with Crippen LogP contribution in [0.1, 0.15) is 106 Å². The molecule has 5 fully saturated rings. The van der Waals surface area contributed by atoms with Crippen molar-refractivity contribution < 1.29 is 29.9 Å². The predicted molar refractivity (Wildman–Crippen MR) is 161 cm³/mol. The van der Waals surface area contributed by atoms with E-state index >= 15 is 0 Å². The molecule has 6 nitrogen and oxygen atoms in total. The van der Waals surface area contributed by atoms with Crippen molar-refractivity contribution in [3.8, 4) is 0 Å². The van der Waals surface area contributed by atoms with Gasteiger partial charge in [-0.1, -0.05) is 53.7 Å². The lowest BCUT2D eigenvalue weighted by Crippen LogP contribution is -2.60. The fourth-order valence-electron chi connectivity index (χ4n) is 10.9. The lowest BCUT2D eigenvalue weighted by Gasteiger charge is -2.61. The molecule has 4 aliphatic carbocycles. The highest BCUT2D eigenvalue weighted by atomic mass is 16.7. The van der Waals surface area contributed by atoms with Crippen molar-refractivity contribution in [3.05, 3.63) is 12.2 Å². The topological polar surface area (TPSA) is 99.4 Å². The molecule has 0 aromatic rings. The Hall–Kier alpha value is -0.500. The zero-order valence-corrected chi connectivity index (χ0v) is 26.6. The zero-order valence-electron chi connectivity index (χ0n) is 26.6. The number of aliphatic hydroxyl groups excluding tert-OH is 4. The Balaban J connectivity index is 1.23. The maximum absolute atomic E-state index is 10.5. The molecular formula is C35H60O6. The van der Waals surface area contributed by atoms with Gasteiger partial charge in [0.25, 0.3) is 0 Å². The number of rotatable bonds is 8. The molecule has 236 valence electrons. The van der Waals surface area contributed by atoms with Crippen molar-refractivity contribution in [1.82, 2.24) is 0 Å². The van der Waals surface area contributed by atoms with Gasteiger partial charge in [0.1, 0.15) is 24.4 Å². The van der Waals surface area contributed by atoms with Gasteiger partial charge in [0.05, 0.1) is 12.7 Å². The molecule has 0 amide bonds. The van der Waals surface area contributed by atoms with Crippen LogP contribution in [0, 0.1) is 58.2 Å². The van der Waals surface area contributed by atoms with E-state index in [4.69, 9.17) is 9.47 Å². The van der Waals surface area contributed by atoms with E-state index in [1.165, 1.54) is 44.9 Å². The Morgan fingerprint density at radius 1 is 0.854 bits per heavy atom. The first-order chi connectivity index (χ1) is 19.4. The molecule has 5 aliphatic rings. The highest BCUT2D eigenvalue weighted by molar-refractivity contribution is 5.11. The molecule has 0 aromatic heterocycles. The maximum atomic E-state index is 10.5. The second-order valence-electron chi connectivity index (χ2n) is 15.7. The molecule has 0 spiro atoms. The van der Waals surface area contributed by atoms with Crippen molar-refractivity contribution in [2.24, 2.45) is 58.2 Å². The normalized spacial score (nSPS) is 49.9. The van der Waals surface area contributed by atoms with Gasteiger partial charge in [0.2, 0.25) is 0 Å². The van der Waals surface area contributed by atoms with Crippen LogP contribution in [0.5, 0.6) is 0 Å². The van der Waals surface area contributed by atoms with Crippen LogP contribution in [0.4, 0.5) is 0 Å². The van der Waals surface area contributed by atoms with Gasteiger partial charge in [-0.3, -0.25) is 0 Å².